The molecule has 17 nitrogen and oxygen atoms in total. The van der Waals surface area contributed by atoms with Crippen molar-refractivity contribution in [3.63, 3.8) is 0 Å². The van der Waals surface area contributed by atoms with Crippen molar-refractivity contribution < 1.29 is 38.2 Å². The average Bonchev–Trinajstić information content (AvgIpc) is 3.68. The van der Waals surface area contributed by atoms with E-state index in [1.807, 2.05) is 58.8 Å². The number of carbonyl (C=O) groups excluding carboxylic acids is 6. The van der Waals surface area contributed by atoms with Crippen LogP contribution < -0.4 is 32.3 Å². The Hall–Kier alpha value is -4.16. The van der Waals surface area contributed by atoms with E-state index in [2.05, 4.69) is 26.6 Å². The molecule has 0 saturated carbocycles. The van der Waals surface area contributed by atoms with Crippen LogP contribution in [-0.2, 0) is 44.7 Å². The molecule has 0 aliphatic carbocycles. The number of nitrogens with two attached hydrogens (primary N) is 1. The summed E-state index contributed by atoms with van der Waals surface area (Å²) in [5.41, 5.74) is 7.57. The summed E-state index contributed by atoms with van der Waals surface area (Å²) >= 11 is 0. The van der Waals surface area contributed by atoms with E-state index in [1.165, 1.54) is 0 Å². The van der Waals surface area contributed by atoms with Gasteiger partial charge in [-0.05, 0) is 69.9 Å². The summed E-state index contributed by atoms with van der Waals surface area (Å²) in [6, 6.07) is 5.61. The minimum atomic E-state index is -0.623. The fraction of sp³-hybridized carbons (Fsp3) is 0.714. The predicted molar refractivity (Wildman–Crippen MR) is 228 cm³/mol. The second-order valence-corrected chi connectivity index (χ2v) is 16.2. The second kappa shape index (κ2) is 25.5. The lowest BCUT2D eigenvalue weighted by atomic mass is 9.90. The van der Waals surface area contributed by atoms with Gasteiger partial charge >= 0.3 is 0 Å². The summed E-state index contributed by atoms with van der Waals surface area (Å²) in [7, 11) is 10.1. The van der Waals surface area contributed by atoms with Crippen molar-refractivity contribution in [3.05, 3.63) is 29.8 Å². The molecule has 1 saturated heterocycles. The summed E-state index contributed by atoms with van der Waals surface area (Å²) in [5.74, 6) is -2.13. The molecule has 334 valence electrons. The molecular weight excluding hydrogens is 759 g/mol. The topological polar surface area (TPSA) is 217 Å². The highest BCUT2D eigenvalue weighted by atomic mass is 16.5. The van der Waals surface area contributed by atoms with Gasteiger partial charge in [-0.15, -0.1) is 0 Å². The molecule has 1 aliphatic rings. The van der Waals surface area contributed by atoms with Gasteiger partial charge in [-0.1, -0.05) is 53.2 Å². The minimum absolute atomic E-state index is 0.0179. The van der Waals surface area contributed by atoms with E-state index in [1.54, 1.807) is 57.2 Å². The minimum Gasteiger partial charge on any atom is -0.379 e. The first kappa shape index (κ1) is 51.0. The number of likely N-dealkylation sites (tertiary alicyclic amines) is 1. The third-order valence-corrected chi connectivity index (χ3v) is 11.3. The third-order valence-electron chi connectivity index (χ3n) is 11.3. The molecule has 6 amide bonds. The van der Waals surface area contributed by atoms with E-state index >= 15 is 0 Å². The second-order valence-electron chi connectivity index (χ2n) is 16.2. The Balaban J connectivity index is 2.09. The lowest BCUT2D eigenvalue weighted by Crippen LogP contribution is -2.55. The van der Waals surface area contributed by atoms with Crippen LogP contribution in [0.2, 0.25) is 0 Å². The van der Waals surface area contributed by atoms with Crippen molar-refractivity contribution in [2.45, 2.75) is 103 Å². The largest absolute Gasteiger partial charge is 0.379 e. The first-order valence-corrected chi connectivity index (χ1v) is 20.8. The van der Waals surface area contributed by atoms with Gasteiger partial charge in [0.05, 0.1) is 62.3 Å². The summed E-state index contributed by atoms with van der Waals surface area (Å²) in [4.78, 5) is 83.4. The van der Waals surface area contributed by atoms with E-state index in [0.29, 0.717) is 25.1 Å². The van der Waals surface area contributed by atoms with Crippen LogP contribution in [0.15, 0.2) is 24.3 Å². The van der Waals surface area contributed by atoms with E-state index in [0.717, 1.165) is 18.4 Å². The van der Waals surface area contributed by atoms with Gasteiger partial charge < -0.3 is 51.6 Å². The quantitative estimate of drug-likeness (QED) is 0.0801. The zero-order valence-corrected chi connectivity index (χ0v) is 37.3. The highest BCUT2D eigenvalue weighted by Crippen LogP contribution is 2.29. The van der Waals surface area contributed by atoms with Gasteiger partial charge in [0.25, 0.3) is 0 Å². The van der Waals surface area contributed by atoms with Gasteiger partial charge in [0.15, 0.2) is 0 Å². The van der Waals surface area contributed by atoms with Gasteiger partial charge in [0.1, 0.15) is 0 Å². The zero-order chi connectivity index (χ0) is 44.4. The zero-order valence-electron chi connectivity index (χ0n) is 37.3. The Bertz CT molecular complexity index is 1500. The van der Waals surface area contributed by atoms with E-state index in [4.69, 9.17) is 15.2 Å². The van der Waals surface area contributed by atoms with Crippen molar-refractivity contribution in [1.29, 1.82) is 0 Å². The van der Waals surface area contributed by atoms with Gasteiger partial charge in [-0.3, -0.25) is 33.7 Å². The van der Waals surface area contributed by atoms with E-state index in [-0.39, 0.29) is 98.0 Å². The highest BCUT2D eigenvalue weighted by Gasteiger charge is 2.42. The number of methoxy groups -OCH3 is 2. The molecule has 2 rings (SSSR count). The Morgan fingerprint density at radius 3 is 2.10 bits per heavy atom. The van der Waals surface area contributed by atoms with Crippen LogP contribution in [0.25, 0.3) is 0 Å². The summed E-state index contributed by atoms with van der Waals surface area (Å²) in [6.45, 7) is 10.2. The SMILES string of the molecule is CCC(C)C(C(CC(=O)N1CCCC1C(OC)C(C)C(=O)NC(CN)Cc1ccc(NC(=O)CNC(=O)CNC)cc1)OC)N(C)C(=O)CNC(=O)C(C(C)C)N(C)C. The van der Waals surface area contributed by atoms with Crippen LogP contribution in [0.5, 0.6) is 0 Å². The number of hydrogen-bond donors (Lipinski definition) is 6. The summed E-state index contributed by atoms with van der Waals surface area (Å²) < 4.78 is 11.9. The normalized spacial score (nSPS) is 17.7. The molecule has 7 N–H and O–H groups in total. The van der Waals surface area contributed by atoms with Crippen LogP contribution in [0.1, 0.15) is 65.9 Å². The maximum absolute atomic E-state index is 14.1. The standard InChI is InChI=1S/C42H73N9O8/c1-12-27(4)39(50(9)37(55)25-46-42(57)38(26(2)3)49(7)8)33(58-10)21-36(54)51-19-13-14-32(51)40(59-11)28(5)41(56)48-31(22-43)20-29-15-17-30(18-16-29)47-35(53)24-45-34(52)23-44-6/h15-18,26-28,31-33,38-40,44H,12-14,19-25,43H2,1-11H3,(H,45,52)(H,46,57)(H,47,53)(H,48,56). The molecule has 0 spiro atoms. The van der Waals surface area contributed by atoms with Gasteiger partial charge in [0, 0.05) is 46.1 Å². The van der Waals surface area contributed by atoms with Crippen LogP contribution in [-0.4, -0.2) is 162 Å². The molecule has 1 aromatic carbocycles. The Morgan fingerprint density at radius 2 is 1.56 bits per heavy atom. The van der Waals surface area contributed by atoms with E-state index in [9.17, 15) is 28.8 Å². The molecule has 1 aliphatic heterocycles. The van der Waals surface area contributed by atoms with Crippen LogP contribution in [0.4, 0.5) is 5.69 Å². The fourth-order valence-electron chi connectivity index (χ4n) is 7.99. The molecule has 0 bridgehead atoms. The summed E-state index contributed by atoms with van der Waals surface area (Å²) in [6.07, 6.45) is 1.38. The molecule has 0 aromatic heterocycles. The molecule has 1 aromatic rings. The van der Waals surface area contributed by atoms with Crippen LogP contribution in [0.3, 0.4) is 0 Å². The number of amides is 6. The van der Waals surface area contributed by atoms with Crippen molar-refractivity contribution in [1.82, 2.24) is 36.0 Å². The molecule has 17 heteroatoms. The predicted octanol–water partition coefficient (Wildman–Crippen LogP) is 0.569. The van der Waals surface area contributed by atoms with Crippen LogP contribution in [0, 0.1) is 17.8 Å². The number of likely N-dealkylation sites (N-methyl/N-ethyl adjacent to an activating group) is 3. The number of rotatable bonds is 25. The number of benzene rings is 1. The number of nitrogens with one attached hydrogen (secondary N) is 5. The van der Waals surface area contributed by atoms with Crippen molar-refractivity contribution in [3.8, 4) is 0 Å². The van der Waals surface area contributed by atoms with Gasteiger partial charge in [0.2, 0.25) is 35.4 Å². The van der Waals surface area contributed by atoms with Crippen LogP contribution >= 0.6 is 0 Å². The first-order valence-electron chi connectivity index (χ1n) is 20.8. The number of hydrogen-bond acceptors (Lipinski definition) is 11. The highest BCUT2D eigenvalue weighted by molar-refractivity contribution is 5.94. The Kier molecular flexibility index (Phi) is 22.0. The van der Waals surface area contributed by atoms with E-state index < -0.39 is 24.2 Å². The summed E-state index contributed by atoms with van der Waals surface area (Å²) in [5, 5.41) is 13.9. The number of ether oxygens (including phenoxy) is 2. The van der Waals surface area contributed by atoms with Crippen molar-refractivity contribution >= 4 is 41.1 Å². The lowest BCUT2D eigenvalue weighted by Gasteiger charge is -2.39. The molecule has 0 radical (unpaired) electrons. The third kappa shape index (κ3) is 15.4. The maximum atomic E-state index is 14.1. The molecule has 8 unspecified atom stereocenters. The average molecular weight is 832 g/mol. The fourth-order valence-corrected chi connectivity index (χ4v) is 7.99. The smallest absolute Gasteiger partial charge is 0.243 e. The van der Waals surface area contributed by atoms with Gasteiger partial charge in [-0.2, -0.15) is 0 Å². The lowest BCUT2D eigenvalue weighted by molar-refractivity contribution is -0.146. The van der Waals surface area contributed by atoms with Crippen molar-refractivity contribution in [2.75, 3.05) is 80.5 Å². The molecule has 1 fully saturated rings. The Morgan fingerprint density at radius 1 is 0.898 bits per heavy atom. The number of anilines is 1. The van der Waals surface area contributed by atoms with Crippen molar-refractivity contribution in [2.24, 2.45) is 23.5 Å². The molecule has 59 heavy (non-hydrogen) atoms. The molecule has 8 atom stereocenters. The Labute approximate surface area is 351 Å². The first-order chi connectivity index (χ1) is 27.9. The molecule has 1 heterocycles. The monoisotopic (exact) mass is 832 g/mol. The number of carbonyl (C=O) groups is 6. The van der Waals surface area contributed by atoms with Gasteiger partial charge in [-0.25, -0.2) is 0 Å². The molecular formula is C42H73N9O8. The number of nitrogens with zero attached hydrogens (tertiary/aromatic N) is 3. The maximum Gasteiger partial charge on any atom is 0.243 e.